The topological polar surface area (TPSA) is 81.1 Å². The molecule has 6 nitrogen and oxygen atoms in total. The van der Waals surface area contributed by atoms with Gasteiger partial charge in [-0.2, -0.15) is 0 Å². The molecule has 0 saturated heterocycles. The van der Waals surface area contributed by atoms with Gasteiger partial charge in [0, 0.05) is 33.6 Å². The summed E-state index contributed by atoms with van der Waals surface area (Å²) in [6.45, 7) is 1.10. The number of carboxylic acid groups (broad SMARTS) is 1. The molecule has 0 unspecified atom stereocenters. The fourth-order valence-electron chi connectivity index (χ4n) is 2.17. The summed E-state index contributed by atoms with van der Waals surface area (Å²) in [5, 5.41) is 17.7. The Bertz CT molecular complexity index is 302. The van der Waals surface area contributed by atoms with Crippen LogP contribution in [-0.2, 0) is 4.79 Å². The van der Waals surface area contributed by atoms with Gasteiger partial charge in [-0.05, 0) is 25.2 Å². The molecule has 0 aromatic rings. The maximum atomic E-state index is 11.9. The van der Waals surface area contributed by atoms with Gasteiger partial charge >= 0.3 is 12.0 Å². The van der Waals surface area contributed by atoms with E-state index in [1.165, 1.54) is 4.90 Å². The molecule has 104 valence electrons. The molecule has 1 aliphatic carbocycles. The first-order valence-corrected chi connectivity index (χ1v) is 6.26. The van der Waals surface area contributed by atoms with Crippen molar-refractivity contribution in [1.82, 2.24) is 9.80 Å². The summed E-state index contributed by atoms with van der Waals surface area (Å²) in [5.41, 5.74) is 0. The van der Waals surface area contributed by atoms with Crippen molar-refractivity contribution in [2.45, 2.75) is 31.8 Å². The van der Waals surface area contributed by atoms with Crippen LogP contribution in [0, 0.1) is 5.92 Å². The second-order valence-electron chi connectivity index (χ2n) is 5.07. The molecule has 1 rings (SSSR count). The van der Waals surface area contributed by atoms with Crippen LogP contribution in [0.1, 0.15) is 25.7 Å². The summed E-state index contributed by atoms with van der Waals surface area (Å²) >= 11 is 0. The number of aliphatic carboxylic acids is 1. The van der Waals surface area contributed by atoms with Crippen molar-refractivity contribution in [1.29, 1.82) is 0 Å². The Morgan fingerprint density at radius 3 is 2.33 bits per heavy atom. The number of carboxylic acids is 1. The number of carbonyl (C=O) groups excluding carboxylic acids is 1. The number of aliphatic hydroxyl groups is 1. The van der Waals surface area contributed by atoms with Gasteiger partial charge in [0.15, 0.2) is 0 Å². The van der Waals surface area contributed by atoms with Crippen molar-refractivity contribution in [2.75, 3.05) is 27.2 Å². The van der Waals surface area contributed by atoms with Gasteiger partial charge in [0.05, 0.1) is 6.10 Å². The summed E-state index contributed by atoms with van der Waals surface area (Å²) in [7, 11) is 3.41. The van der Waals surface area contributed by atoms with Crippen LogP contribution in [0.15, 0.2) is 0 Å². The number of nitrogens with zero attached hydrogens (tertiary/aromatic N) is 2. The summed E-state index contributed by atoms with van der Waals surface area (Å²) in [5.74, 6) is -0.450. The van der Waals surface area contributed by atoms with Gasteiger partial charge in [0.1, 0.15) is 0 Å². The number of rotatable bonds is 6. The largest absolute Gasteiger partial charge is 0.481 e. The van der Waals surface area contributed by atoms with Gasteiger partial charge < -0.3 is 20.0 Å². The van der Waals surface area contributed by atoms with E-state index in [-0.39, 0.29) is 18.6 Å². The maximum Gasteiger partial charge on any atom is 0.319 e. The first-order chi connectivity index (χ1) is 8.40. The summed E-state index contributed by atoms with van der Waals surface area (Å²) in [6, 6.07) is -0.0956. The van der Waals surface area contributed by atoms with Gasteiger partial charge in [-0.15, -0.1) is 0 Å². The smallest absolute Gasteiger partial charge is 0.319 e. The normalized spacial score (nSPS) is 22.2. The van der Waals surface area contributed by atoms with Crippen LogP contribution in [-0.4, -0.2) is 65.3 Å². The van der Waals surface area contributed by atoms with E-state index in [4.69, 9.17) is 5.11 Å². The Morgan fingerprint density at radius 2 is 1.83 bits per heavy atom. The molecule has 0 heterocycles. The second kappa shape index (κ2) is 6.58. The number of hydrogen-bond acceptors (Lipinski definition) is 3. The summed E-state index contributed by atoms with van der Waals surface area (Å²) in [6.07, 6.45) is 1.87. The van der Waals surface area contributed by atoms with Crippen molar-refractivity contribution in [3.8, 4) is 0 Å². The fourth-order valence-corrected chi connectivity index (χ4v) is 2.17. The highest BCUT2D eigenvalue weighted by molar-refractivity contribution is 5.74. The highest BCUT2D eigenvalue weighted by atomic mass is 16.4. The quantitative estimate of drug-likeness (QED) is 0.731. The number of carbonyl (C=O) groups is 2. The van der Waals surface area contributed by atoms with Gasteiger partial charge in [-0.1, -0.05) is 0 Å². The predicted molar refractivity (Wildman–Crippen MR) is 66.3 cm³/mol. The highest BCUT2D eigenvalue weighted by Crippen LogP contribution is 2.27. The number of urea groups is 1. The Balaban J connectivity index is 2.22. The summed E-state index contributed by atoms with van der Waals surface area (Å²) < 4.78 is 0. The molecule has 1 fully saturated rings. The minimum Gasteiger partial charge on any atom is -0.481 e. The SMILES string of the molecule is CN(CCCC(=O)O)C(=O)N(C)CC1CC(O)C1. The van der Waals surface area contributed by atoms with Crippen molar-refractivity contribution in [3.63, 3.8) is 0 Å². The van der Waals surface area contributed by atoms with Crippen LogP contribution in [0.4, 0.5) is 4.79 Å². The lowest BCUT2D eigenvalue weighted by molar-refractivity contribution is -0.137. The Labute approximate surface area is 107 Å². The second-order valence-corrected chi connectivity index (χ2v) is 5.07. The zero-order valence-corrected chi connectivity index (χ0v) is 11.0. The van der Waals surface area contributed by atoms with Crippen molar-refractivity contribution in [2.24, 2.45) is 5.92 Å². The van der Waals surface area contributed by atoms with E-state index in [0.29, 0.717) is 25.4 Å². The molecule has 1 saturated carbocycles. The average Bonchev–Trinajstić information content (AvgIpc) is 2.25. The maximum absolute atomic E-state index is 11.9. The zero-order valence-electron chi connectivity index (χ0n) is 11.0. The van der Waals surface area contributed by atoms with E-state index in [2.05, 4.69) is 0 Å². The molecule has 0 bridgehead atoms. The lowest BCUT2D eigenvalue weighted by Gasteiger charge is -2.35. The lowest BCUT2D eigenvalue weighted by atomic mass is 9.82. The number of aliphatic hydroxyl groups excluding tert-OH is 1. The third-order valence-corrected chi connectivity index (χ3v) is 3.28. The molecule has 0 aliphatic heterocycles. The van der Waals surface area contributed by atoms with Crippen LogP contribution in [0.3, 0.4) is 0 Å². The highest BCUT2D eigenvalue weighted by Gasteiger charge is 2.29. The third-order valence-electron chi connectivity index (χ3n) is 3.28. The van der Waals surface area contributed by atoms with Gasteiger partial charge in [0.2, 0.25) is 0 Å². The third kappa shape index (κ3) is 4.52. The molecule has 0 radical (unpaired) electrons. The lowest BCUT2D eigenvalue weighted by Crippen LogP contribution is -2.44. The van der Waals surface area contributed by atoms with E-state index in [1.807, 2.05) is 0 Å². The molecule has 6 heteroatoms. The first-order valence-electron chi connectivity index (χ1n) is 6.26. The first kappa shape index (κ1) is 14.8. The molecule has 2 amide bonds. The monoisotopic (exact) mass is 258 g/mol. The summed E-state index contributed by atoms with van der Waals surface area (Å²) in [4.78, 5) is 25.5. The number of amides is 2. The molecular weight excluding hydrogens is 236 g/mol. The van der Waals surface area contributed by atoms with Crippen molar-refractivity contribution < 1.29 is 19.8 Å². The zero-order chi connectivity index (χ0) is 13.7. The predicted octanol–water partition coefficient (Wildman–Crippen LogP) is 0.606. The Kier molecular flexibility index (Phi) is 5.40. The fraction of sp³-hybridized carbons (Fsp3) is 0.833. The van der Waals surface area contributed by atoms with Gasteiger partial charge in [-0.25, -0.2) is 4.79 Å². The molecule has 1 aliphatic rings. The van der Waals surface area contributed by atoms with E-state index in [9.17, 15) is 14.7 Å². The molecule has 0 atom stereocenters. The number of hydrogen-bond donors (Lipinski definition) is 2. The van der Waals surface area contributed by atoms with Crippen LogP contribution in [0.2, 0.25) is 0 Å². The van der Waals surface area contributed by atoms with Crippen LogP contribution in [0.5, 0.6) is 0 Å². The molecular formula is C12H22N2O4. The van der Waals surface area contributed by atoms with E-state index in [0.717, 1.165) is 12.8 Å². The molecule has 2 N–H and O–H groups in total. The van der Waals surface area contributed by atoms with Gasteiger partial charge in [-0.3, -0.25) is 4.79 Å². The molecule has 0 spiro atoms. The standard InChI is InChI=1S/C12H22N2O4/c1-13(5-3-4-11(16)17)12(18)14(2)8-9-6-10(15)7-9/h9-10,15H,3-8H2,1-2H3,(H,16,17). The molecule has 0 aromatic carbocycles. The molecule has 18 heavy (non-hydrogen) atoms. The van der Waals surface area contributed by atoms with Crippen LogP contribution in [0.25, 0.3) is 0 Å². The Morgan fingerprint density at radius 1 is 1.22 bits per heavy atom. The minimum atomic E-state index is -0.840. The van der Waals surface area contributed by atoms with E-state index in [1.54, 1.807) is 19.0 Å². The van der Waals surface area contributed by atoms with Crippen LogP contribution >= 0.6 is 0 Å². The van der Waals surface area contributed by atoms with Crippen molar-refractivity contribution in [3.05, 3.63) is 0 Å². The van der Waals surface area contributed by atoms with E-state index < -0.39 is 5.97 Å². The Hall–Kier alpha value is -1.30. The molecule has 0 aromatic heterocycles. The van der Waals surface area contributed by atoms with E-state index >= 15 is 0 Å². The van der Waals surface area contributed by atoms with Gasteiger partial charge in [0.25, 0.3) is 0 Å². The average molecular weight is 258 g/mol. The van der Waals surface area contributed by atoms with Crippen molar-refractivity contribution >= 4 is 12.0 Å². The minimum absolute atomic E-state index is 0.0795. The van der Waals surface area contributed by atoms with Crippen LogP contribution < -0.4 is 0 Å².